The molecular formula is C28H27F2N7O3. The summed E-state index contributed by atoms with van der Waals surface area (Å²) in [5.74, 6) is -1.52. The molecule has 1 N–H and O–H groups in total. The lowest BCUT2D eigenvalue weighted by atomic mass is 9.92. The number of piperazine rings is 1. The van der Waals surface area contributed by atoms with Gasteiger partial charge in [0.05, 0.1) is 17.2 Å². The number of hydrogen-bond acceptors (Lipinski definition) is 8. The minimum atomic E-state index is -1.64. The number of benzene rings is 3. The summed E-state index contributed by atoms with van der Waals surface area (Å²) in [6, 6.07) is 17.1. The molecular weight excluding hydrogens is 520 g/mol. The van der Waals surface area contributed by atoms with Crippen molar-refractivity contribution in [2.75, 3.05) is 37.6 Å². The van der Waals surface area contributed by atoms with Gasteiger partial charge in [0.25, 0.3) is 5.69 Å². The van der Waals surface area contributed by atoms with E-state index in [0.717, 1.165) is 29.1 Å². The van der Waals surface area contributed by atoms with Gasteiger partial charge in [-0.05, 0) is 48.0 Å². The van der Waals surface area contributed by atoms with Crippen molar-refractivity contribution in [1.82, 2.24) is 19.7 Å². The highest BCUT2D eigenvalue weighted by Crippen LogP contribution is 2.29. The third kappa shape index (κ3) is 6.35. The van der Waals surface area contributed by atoms with Crippen molar-refractivity contribution in [3.05, 3.63) is 112 Å². The molecule has 1 aliphatic rings. The quantitative estimate of drug-likeness (QED) is 0.192. The number of non-ortho nitro benzene ring substituents is 1. The molecule has 206 valence electrons. The Hall–Kier alpha value is -4.55. The Kier molecular flexibility index (Phi) is 7.89. The second kappa shape index (κ2) is 11.7. The SMILES string of the molecule is O=[N+]([O-])c1ccc(C=Nc2ccc(N3CCN(CC(O)(Cn4cncn4)c4ccc(F)cc4F)CC3)cc2)cc1. The Labute approximate surface area is 229 Å². The van der Waals surface area contributed by atoms with E-state index in [1.165, 1.54) is 35.5 Å². The largest absolute Gasteiger partial charge is 0.382 e. The van der Waals surface area contributed by atoms with Gasteiger partial charge in [0, 0.05) is 68.4 Å². The molecule has 3 aromatic carbocycles. The van der Waals surface area contributed by atoms with Crippen LogP contribution in [-0.2, 0) is 12.1 Å². The first-order chi connectivity index (χ1) is 19.3. The molecule has 0 amide bonds. The van der Waals surface area contributed by atoms with Crippen molar-refractivity contribution in [3.63, 3.8) is 0 Å². The van der Waals surface area contributed by atoms with Crippen LogP contribution >= 0.6 is 0 Å². The maximum atomic E-state index is 14.7. The number of nitrogens with zero attached hydrogens (tertiary/aromatic N) is 7. The first kappa shape index (κ1) is 27.0. The Balaban J connectivity index is 1.21. The second-order valence-electron chi connectivity index (χ2n) is 9.64. The van der Waals surface area contributed by atoms with E-state index in [-0.39, 0.29) is 24.3 Å². The molecule has 1 aliphatic heterocycles. The van der Waals surface area contributed by atoms with Gasteiger partial charge in [0.1, 0.15) is 29.9 Å². The van der Waals surface area contributed by atoms with Gasteiger partial charge in [-0.2, -0.15) is 5.10 Å². The van der Waals surface area contributed by atoms with Crippen LogP contribution in [0.1, 0.15) is 11.1 Å². The monoisotopic (exact) mass is 547 g/mol. The predicted molar refractivity (Wildman–Crippen MR) is 146 cm³/mol. The topological polar surface area (TPSA) is 113 Å². The number of rotatable bonds is 9. The van der Waals surface area contributed by atoms with Crippen LogP contribution in [0.4, 0.5) is 25.8 Å². The zero-order valence-electron chi connectivity index (χ0n) is 21.5. The first-order valence-corrected chi connectivity index (χ1v) is 12.7. The summed E-state index contributed by atoms with van der Waals surface area (Å²) in [6.07, 6.45) is 4.44. The van der Waals surface area contributed by atoms with E-state index >= 15 is 0 Å². The van der Waals surface area contributed by atoms with E-state index in [2.05, 4.69) is 24.9 Å². The summed E-state index contributed by atoms with van der Waals surface area (Å²) in [6.45, 7) is 2.75. The van der Waals surface area contributed by atoms with Gasteiger partial charge in [-0.25, -0.2) is 18.4 Å². The van der Waals surface area contributed by atoms with Crippen LogP contribution < -0.4 is 4.90 Å². The summed E-state index contributed by atoms with van der Waals surface area (Å²) in [5, 5.41) is 26.5. The number of aliphatic imine (C=N–C) groups is 1. The maximum absolute atomic E-state index is 14.7. The number of hydrogen-bond donors (Lipinski definition) is 1. The molecule has 2 heterocycles. The van der Waals surface area contributed by atoms with Gasteiger partial charge in [-0.1, -0.05) is 6.07 Å². The molecule has 0 bridgehead atoms. The fraction of sp³-hybridized carbons (Fsp3) is 0.250. The summed E-state index contributed by atoms with van der Waals surface area (Å²) < 4.78 is 29.7. The molecule has 1 saturated heterocycles. The van der Waals surface area contributed by atoms with E-state index < -0.39 is 22.2 Å². The predicted octanol–water partition coefficient (Wildman–Crippen LogP) is 3.93. The maximum Gasteiger partial charge on any atom is 0.269 e. The Morgan fingerprint density at radius 1 is 1.00 bits per heavy atom. The summed E-state index contributed by atoms with van der Waals surface area (Å²) in [7, 11) is 0. The molecule has 1 aromatic heterocycles. The molecule has 12 heteroatoms. The Morgan fingerprint density at radius 2 is 1.73 bits per heavy atom. The third-order valence-corrected chi connectivity index (χ3v) is 6.86. The van der Waals surface area contributed by atoms with E-state index in [9.17, 15) is 24.0 Å². The van der Waals surface area contributed by atoms with Crippen molar-refractivity contribution >= 4 is 23.3 Å². The van der Waals surface area contributed by atoms with Crippen LogP contribution in [0.2, 0.25) is 0 Å². The molecule has 10 nitrogen and oxygen atoms in total. The molecule has 40 heavy (non-hydrogen) atoms. The zero-order chi connectivity index (χ0) is 28.1. The zero-order valence-corrected chi connectivity index (χ0v) is 21.5. The van der Waals surface area contributed by atoms with E-state index in [0.29, 0.717) is 26.2 Å². The summed E-state index contributed by atoms with van der Waals surface area (Å²) in [5.41, 5.74) is 0.935. The molecule has 1 atom stereocenters. The number of nitro groups is 1. The minimum Gasteiger partial charge on any atom is -0.382 e. The lowest BCUT2D eigenvalue weighted by Crippen LogP contribution is -2.52. The molecule has 5 rings (SSSR count). The van der Waals surface area contributed by atoms with Crippen LogP contribution in [0.25, 0.3) is 0 Å². The van der Waals surface area contributed by atoms with Crippen LogP contribution in [0, 0.1) is 21.7 Å². The molecule has 0 radical (unpaired) electrons. The molecule has 4 aromatic rings. The highest BCUT2D eigenvalue weighted by molar-refractivity contribution is 5.82. The highest BCUT2D eigenvalue weighted by Gasteiger charge is 2.36. The third-order valence-electron chi connectivity index (χ3n) is 6.86. The second-order valence-corrected chi connectivity index (χ2v) is 9.64. The van der Waals surface area contributed by atoms with Crippen molar-refractivity contribution in [1.29, 1.82) is 0 Å². The molecule has 1 fully saturated rings. The highest BCUT2D eigenvalue weighted by atomic mass is 19.1. The lowest BCUT2D eigenvalue weighted by Gasteiger charge is -2.40. The fourth-order valence-electron chi connectivity index (χ4n) is 4.78. The average Bonchev–Trinajstić information content (AvgIpc) is 3.45. The van der Waals surface area contributed by atoms with Gasteiger partial charge >= 0.3 is 0 Å². The fourth-order valence-corrected chi connectivity index (χ4v) is 4.78. The smallest absolute Gasteiger partial charge is 0.269 e. The first-order valence-electron chi connectivity index (χ1n) is 12.7. The van der Waals surface area contributed by atoms with Crippen LogP contribution in [0.3, 0.4) is 0 Å². The van der Waals surface area contributed by atoms with Crippen molar-refractivity contribution in [2.24, 2.45) is 4.99 Å². The normalized spacial score (nSPS) is 15.8. The van der Waals surface area contributed by atoms with E-state index in [1.54, 1.807) is 18.3 Å². The van der Waals surface area contributed by atoms with Gasteiger partial charge < -0.3 is 10.0 Å². The minimum absolute atomic E-state index is 0.0108. The van der Waals surface area contributed by atoms with Crippen molar-refractivity contribution < 1.29 is 18.8 Å². The number of nitro benzene ring substituents is 1. The number of halogens is 2. The van der Waals surface area contributed by atoms with Crippen molar-refractivity contribution in [3.8, 4) is 0 Å². The lowest BCUT2D eigenvalue weighted by molar-refractivity contribution is -0.384. The van der Waals surface area contributed by atoms with Crippen LogP contribution in [0.15, 0.2) is 84.4 Å². The number of anilines is 1. The van der Waals surface area contributed by atoms with Gasteiger partial charge in [-0.3, -0.25) is 20.0 Å². The van der Waals surface area contributed by atoms with Gasteiger partial charge in [-0.15, -0.1) is 0 Å². The van der Waals surface area contributed by atoms with Crippen molar-refractivity contribution in [2.45, 2.75) is 12.1 Å². The molecule has 0 spiro atoms. The van der Waals surface area contributed by atoms with E-state index in [4.69, 9.17) is 0 Å². The van der Waals surface area contributed by atoms with E-state index in [1.807, 2.05) is 24.3 Å². The Morgan fingerprint density at radius 3 is 2.35 bits per heavy atom. The molecule has 1 unspecified atom stereocenters. The Bertz CT molecular complexity index is 1470. The number of β-amino-alcohol motifs (C(OH)–C–C–N with tert-alkyl or cyclic N) is 1. The van der Waals surface area contributed by atoms with Gasteiger partial charge in [0.15, 0.2) is 0 Å². The van der Waals surface area contributed by atoms with Crippen LogP contribution in [-0.4, -0.2) is 68.6 Å². The average molecular weight is 548 g/mol. The summed E-state index contributed by atoms with van der Waals surface area (Å²) in [4.78, 5) is 23.0. The number of aliphatic hydroxyl groups is 1. The standard InChI is InChI=1S/C28H27F2N7O3/c29-22-3-10-26(27(30)15-22)28(38,18-36-20-31-19-33-36)17-34-11-13-35(14-12-34)24-8-4-23(5-9-24)32-16-21-1-6-25(7-2-21)37(39)40/h1-10,15-16,19-20,38H,11-14,17-18H2. The molecule has 0 aliphatic carbocycles. The number of aromatic nitrogens is 3. The van der Waals surface area contributed by atoms with Crippen LogP contribution in [0.5, 0.6) is 0 Å². The molecule has 0 saturated carbocycles. The van der Waals surface area contributed by atoms with Gasteiger partial charge in [0.2, 0.25) is 0 Å². The summed E-state index contributed by atoms with van der Waals surface area (Å²) >= 11 is 0.